The van der Waals surface area contributed by atoms with Gasteiger partial charge in [0, 0.05) is 47.7 Å². The van der Waals surface area contributed by atoms with Crippen molar-refractivity contribution in [3.63, 3.8) is 0 Å². The lowest BCUT2D eigenvalue weighted by atomic mass is 10.2. The van der Waals surface area contributed by atoms with Crippen molar-refractivity contribution in [3.05, 3.63) is 42.2 Å². The van der Waals surface area contributed by atoms with E-state index in [0.717, 1.165) is 10.8 Å². The molecule has 1 aliphatic rings. The molecule has 2 aromatic heterocycles. The monoisotopic (exact) mass is 444 g/mol. The van der Waals surface area contributed by atoms with Crippen molar-refractivity contribution >= 4 is 45.4 Å². The molecule has 1 fully saturated rings. The quantitative estimate of drug-likeness (QED) is 0.419. The Kier molecular flexibility index (Phi) is 6.76. The SMILES string of the molecule is CC(O)CNc1nc(N2CCS(=O)CC2)c2ncnc(SCc3ccccc3)c2n1. The molecule has 1 unspecified atom stereocenters. The molecule has 0 aliphatic carbocycles. The highest BCUT2D eigenvalue weighted by Gasteiger charge is 2.22. The van der Waals surface area contributed by atoms with Gasteiger partial charge in [-0.2, -0.15) is 4.98 Å². The zero-order chi connectivity index (χ0) is 20.9. The molecular weight excluding hydrogens is 420 g/mol. The highest BCUT2D eigenvalue weighted by molar-refractivity contribution is 7.98. The van der Waals surface area contributed by atoms with Gasteiger partial charge in [0.1, 0.15) is 22.4 Å². The van der Waals surface area contributed by atoms with Gasteiger partial charge in [-0.1, -0.05) is 42.1 Å². The molecule has 0 spiro atoms. The molecule has 2 N–H and O–H groups in total. The third-order valence-corrected chi connectivity index (χ3v) is 7.01. The molecule has 3 heterocycles. The fourth-order valence-corrected chi connectivity index (χ4v) is 5.08. The van der Waals surface area contributed by atoms with E-state index >= 15 is 0 Å². The summed E-state index contributed by atoms with van der Waals surface area (Å²) in [7, 11) is -0.783. The van der Waals surface area contributed by atoms with Crippen LogP contribution in [0.2, 0.25) is 0 Å². The van der Waals surface area contributed by atoms with Gasteiger partial charge in [-0.15, -0.1) is 0 Å². The van der Waals surface area contributed by atoms with Crippen LogP contribution in [0.15, 0.2) is 41.7 Å². The van der Waals surface area contributed by atoms with E-state index in [1.54, 1.807) is 25.0 Å². The molecule has 158 valence electrons. The van der Waals surface area contributed by atoms with Gasteiger partial charge in [0.2, 0.25) is 5.95 Å². The number of nitrogens with one attached hydrogen (secondary N) is 1. The number of benzene rings is 1. The summed E-state index contributed by atoms with van der Waals surface area (Å²) in [5.74, 6) is 3.15. The summed E-state index contributed by atoms with van der Waals surface area (Å²) in [4.78, 5) is 20.4. The first-order chi connectivity index (χ1) is 14.6. The van der Waals surface area contributed by atoms with Gasteiger partial charge in [0.25, 0.3) is 0 Å². The average Bonchev–Trinajstić information content (AvgIpc) is 2.77. The molecule has 8 nitrogen and oxygen atoms in total. The Labute approximate surface area is 182 Å². The third kappa shape index (κ3) is 5.05. The van der Waals surface area contributed by atoms with Crippen LogP contribution in [0.4, 0.5) is 11.8 Å². The first-order valence-corrected chi connectivity index (χ1v) is 12.3. The predicted molar refractivity (Wildman–Crippen MR) is 121 cm³/mol. The van der Waals surface area contributed by atoms with Gasteiger partial charge in [-0.05, 0) is 12.5 Å². The average molecular weight is 445 g/mol. The van der Waals surface area contributed by atoms with Crippen LogP contribution >= 0.6 is 11.8 Å². The number of fused-ring (bicyclic) bond motifs is 1. The normalized spacial score (nSPS) is 16.0. The summed E-state index contributed by atoms with van der Waals surface area (Å²) < 4.78 is 11.8. The molecule has 0 radical (unpaired) electrons. The molecule has 30 heavy (non-hydrogen) atoms. The number of rotatable bonds is 7. The number of hydrogen-bond acceptors (Lipinski definition) is 9. The lowest BCUT2D eigenvalue weighted by Gasteiger charge is -2.28. The second kappa shape index (κ2) is 9.67. The van der Waals surface area contributed by atoms with Gasteiger partial charge in [-0.3, -0.25) is 4.21 Å². The minimum absolute atomic E-state index is 0.342. The van der Waals surface area contributed by atoms with Crippen LogP contribution in [0, 0.1) is 0 Å². The Morgan fingerprint density at radius 1 is 1.17 bits per heavy atom. The summed E-state index contributed by atoms with van der Waals surface area (Å²) in [6.07, 6.45) is 1.03. The number of nitrogens with zero attached hydrogens (tertiary/aromatic N) is 5. The van der Waals surface area contributed by atoms with Crippen molar-refractivity contribution in [1.82, 2.24) is 19.9 Å². The largest absolute Gasteiger partial charge is 0.392 e. The lowest BCUT2D eigenvalue weighted by molar-refractivity contribution is 0.208. The maximum absolute atomic E-state index is 11.8. The van der Waals surface area contributed by atoms with Crippen molar-refractivity contribution in [2.24, 2.45) is 0 Å². The van der Waals surface area contributed by atoms with Crippen molar-refractivity contribution in [2.45, 2.75) is 23.8 Å². The maximum Gasteiger partial charge on any atom is 0.225 e. The number of hydrogen-bond donors (Lipinski definition) is 2. The minimum Gasteiger partial charge on any atom is -0.392 e. The fourth-order valence-electron chi connectivity index (χ4n) is 3.13. The van der Waals surface area contributed by atoms with Crippen LogP contribution in [-0.4, -0.2) is 66.5 Å². The van der Waals surface area contributed by atoms with E-state index in [2.05, 4.69) is 42.3 Å². The summed E-state index contributed by atoms with van der Waals surface area (Å²) in [6.45, 7) is 3.37. The third-order valence-electron chi connectivity index (χ3n) is 4.68. The van der Waals surface area contributed by atoms with Crippen LogP contribution < -0.4 is 10.2 Å². The van der Waals surface area contributed by atoms with Gasteiger partial charge >= 0.3 is 0 Å². The molecule has 1 saturated heterocycles. The summed E-state index contributed by atoms with van der Waals surface area (Å²) in [5.41, 5.74) is 2.58. The molecule has 1 atom stereocenters. The second-order valence-electron chi connectivity index (χ2n) is 7.09. The predicted octanol–water partition coefficient (Wildman–Crippen LogP) is 2.07. The van der Waals surface area contributed by atoms with E-state index in [0.29, 0.717) is 53.9 Å². The number of anilines is 2. The molecule has 10 heteroatoms. The Hall–Kier alpha value is -2.30. The van der Waals surface area contributed by atoms with Gasteiger partial charge in [0.15, 0.2) is 5.82 Å². The Bertz CT molecular complexity index is 1020. The number of aliphatic hydroxyl groups is 1. The molecule has 1 aromatic carbocycles. The maximum atomic E-state index is 11.8. The van der Waals surface area contributed by atoms with Gasteiger partial charge < -0.3 is 15.3 Å². The molecule has 1 aliphatic heterocycles. The Balaban J connectivity index is 1.70. The molecule has 0 amide bonds. The molecule has 4 rings (SSSR count). The van der Waals surface area contributed by atoms with E-state index in [1.807, 2.05) is 18.2 Å². The van der Waals surface area contributed by atoms with Crippen LogP contribution in [-0.2, 0) is 16.6 Å². The van der Waals surface area contributed by atoms with Crippen molar-refractivity contribution in [1.29, 1.82) is 0 Å². The van der Waals surface area contributed by atoms with E-state index in [1.165, 1.54) is 5.56 Å². The number of aliphatic hydroxyl groups excluding tert-OH is 1. The molecule has 0 saturated carbocycles. The van der Waals surface area contributed by atoms with Crippen molar-refractivity contribution in [3.8, 4) is 0 Å². The number of thioether (sulfide) groups is 1. The van der Waals surface area contributed by atoms with Gasteiger partial charge in [0.05, 0.1) is 6.10 Å². The topological polar surface area (TPSA) is 104 Å². The highest BCUT2D eigenvalue weighted by atomic mass is 32.2. The summed E-state index contributed by atoms with van der Waals surface area (Å²) in [5, 5.41) is 13.5. The second-order valence-corrected chi connectivity index (χ2v) is 9.75. The summed E-state index contributed by atoms with van der Waals surface area (Å²) in [6, 6.07) is 10.2. The first-order valence-electron chi connectivity index (χ1n) is 9.81. The minimum atomic E-state index is -0.783. The molecular formula is C20H24N6O2S2. The summed E-state index contributed by atoms with van der Waals surface area (Å²) >= 11 is 1.61. The standard InChI is InChI=1S/C20H24N6O2S2/c1-14(27)11-21-20-24-17-16(18(25-20)26-7-9-30(28)10-8-26)22-13-23-19(17)29-12-15-5-3-2-4-6-15/h2-6,13-14,27H,7-12H2,1H3,(H,21,24,25). The molecule has 0 bridgehead atoms. The van der Waals surface area contributed by atoms with Crippen LogP contribution in [0.25, 0.3) is 11.0 Å². The van der Waals surface area contributed by atoms with E-state index < -0.39 is 16.9 Å². The Morgan fingerprint density at radius 2 is 1.93 bits per heavy atom. The van der Waals surface area contributed by atoms with E-state index in [9.17, 15) is 9.32 Å². The van der Waals surface area contributed by atoms with Gasteiger partial charge in [-0.25, -0.2) is 15.0 Å². The number of aromatic nitrogens is 4. The van der Waals surface area contributed by atoms with Crippen LogP contribution in [0.3, 0.4) is 0 Å². The fraction of sp³-hybridized carbons (Fsp3) is 0.400. The lowest BCUT2D eigenvalue weighted by Crippen LogP contribution is -2.38. The van der Waals surface area contributed by atoms with Crippen molar-refractivity contribution < 1.29 is 9.32 Å². The zero-order valence-corrected chi connectivity index (χ0v) is 18.3. The molecule has 3 aromatic rings. The van der Waals surface area contributed by atoms with Crippen molar-refractivity contribution in [2.75, 3.05) is 41.4 Å². The zero-order valence-electron chi connectivity index (χ0n) is 16.7. The van der Waals surface area contributed by atoms with Crippen LogP contribution in [0.1, 0.15) is 12.5 Å². The smallest absolute Gasteiger partial charge is 0.225 e. The Morgan fingerprint density at radius 3 is 2.67 bits per heavy atom. The highest BCUT2D eigenvalue weighted by Crippen LogP contribution is 2.31. The van der Waals surface area contributed by atoms with E-state index in [-0.39, 0.29) is 0 Å². The van der Waals surface area contributed by atoms with Crippen LogP contribution in [0.5, 0.6) is 0 Å². The van der Waals surface area contributed by atoms with E-state index in [4.69, 9.17) is 0 Å². The first kappa shape index (κ1) is 21.0.